The van der Waals surface area contributed by atoms with Gasteiger partial charge in [0, 0.05) is 6.42 Å². The Morgan fingerprint density at radius 2 is 2.08 bits per heavy atom. The molecule has 3 heterocycles. The molecule has 0 unspecified atom stereocenters. The van der Waals surface area contributed by atoms with Crippen LogP contribution >= 0.6 is 12.6 Å². The number of fused-ring (bicyclic) bond motifs is 1. The number of anilines is 1. The minimum Gasteiger partial charge on any atom is -0.394 e. The van der Waals surface area contributed by atoms with E-state index in [1.54, 1.807) is 0 Å². The molecule has 0 radical (unpaired) electrons. The van der Waals surface area contributed by atoms with Crippen LogP contribution in [0.2, 0.25) is 0 Å². The summed E-state index contributed by atoms with van der Waals surface area (Å²) >= 11 is 4.28. The van der Waals surface area contributed by atoms with Gasteiger partial charge in [-0.3, -0.25) is 4.57 Å². The Balaban J connectivity index is 1.96. The Morgan fingerprint density at radius 1 is 1.36 bits per heavy atom. The molecule has 2 aromatic heterocycles. The third-order valence-electron chi connectivity index (χ3n) is 3.92. The molecule has 0 amide bonds. The van der Waals surface area contributed by atoms with Crippen molar-refractivity contribution in [1.29, 1.82) is 0 Å². The summed E-state index contributed by atoms with van der Waals surface area (Å²) in [5.41, 5.74) is 6.16. The number of nitrogen functional groups attached to an aromatic ring is 1. The summed E-state index contributed by atoms with van der Waals surface area (Å²) in [5, 5.41) is 18.5. The summed E-state index contributed by atoms with van der Waals surface area (Å²) < 4.78 is 44.2. The van der Waals surface area contributed by atoms with Gasteiger partial charge in [0.15, 0.2) is 17.7 Å². The van der Waals surface area contributed by atoms with Crippen molar-refractivity contribution in [2.24, 2.45) is 0 Å². The van der Waals surface area contributed by atoms with E-state index < -0.39 is 49.3 Å². The lowest BCUT2D eigenvalue weighted by atomic mass is 10.2. The van der Waals surface area contributed by atoms with E-state index in [2.05, 4.69) is 27.6 Å². The molecule has 4 N–H and O–H groups in total. The van der Waals surface area contributed by atoms with Crippen molar-refractivity contribution >= 4 is 29.6 Å². The zero-order chi connectivity index (χ0) is 18.4. The second-order valence-corrected chi connectivity index (χ2v) is 6.29. The number of ether oxygens (including phenoxy) is 1. The van der Waals surface area contributed by atoms with Gasteiger partial charge < -0.3 is 20.7 Å². The molecule has 4 atom stereocenters. The normalized spacial score (nSPS) is 27.3. The number of aliphatic hydroxyl groups is 2. The van der Waals surface area contributed by atoms with Crippen molar-refractivity contribution in [3.8, 4) is 0 Å². The van der Waals surface area contributed by atoms with Crippen LogP contribution in [0.4, 0.5) is 19.0 Å². The number of alkyl halides is 3. The molecule has 1 saturated heterocycles. The quantitative estimate of drug-likeness (QED) is 0.570. The molecule has 0 aliphatic carbocycles. The molecule has 138 valence electrons. The Bertz CT molecular complexity index is 771. The van der Waals surface area contributed by atoms with E-state index in [4.69, 9.17) is 10.5 Å². The van der Waals surface area contributed by atoms with E-state index in [1.807, 2.05) is 0 Å². The van der Waals surface area contributed by atoms with Gasteiger partial charge in [-0.25, -0.2) is 15.0 Å². The fourth-order valence-corrected chi connectivity index (χ4v) is 3.05. The standard InChI is InChI=1S/C13H16F3N5O3S/c14-13(15,16)2-1-6-19-10(17)7-11(20-6)21(4-18-7)12-9(25)8(23)5(3-22)24-12/h4-5,8-9,12,22-23,25H,1-3H2,(H2,17,19,20)/t5-,8-,9-,12-/m1/s1. The van der Waals surface area contributed by atoms with Crippen molar-refractivity contribution in [3.63, 3.8) is 0 Å². The largest absolute Gasteiger partial charge is 0.394 e. The SMILES string of the molecule is Nc1nc(CCC(F)(F)F)nc2c1ncn2[C@@H]1O[C@H](CO)[C@@H](O)[C@H]1S. The van der Waals surface area contributed by atoms with E-state index in [-0.39, 0.29) is 22.8 Å². The van der Waals surface area contributed by atoms with Gasteiger partial charge in [-0.05, 0) is 0 Å². The van der Waals surface area contributed by atoms with Crippen molar-refractivity contribution in [2.45, 2.75) is 42.7 Å². The van der Waals surface area contributed by atoms with Crippen molar-refractivity contribution in [1.82, 2.24) is 19.5 Å². The second kappa shape index (κ2) is 6.59. The minimum absolute atomic E-state index is 0.0473. The van der Waals surface area contributed by atoms with Crippen LogP contribution in [0.15, 0.2) is 6.33 Å². The number of nitrogens with two attached hydrogens (primary N) is 1. The molecule has 2 aromatic rings. The fourth-order valence-electron chi connectivity index (χ4n) is 2.65. The number of thiol groups is 1. The number of aliphatic hydroxyl groups excluding tert-OH is 2. The molecule has 1 aliphatic heterocycles. The summed E-state index contributed by atoms with van der Waals surface area (Å²) in [6.45, 7) is -0.407. The van der Waals surface area contributed by atoms with E-state index >= 15 is 0 Å². The zero-order valence-electron chi connectivity index (χ0n) is 12.8. The topological polar surface area (TPSA) is 119 Å². The van der Waals surface area contributed by atoms with Crippen molar-refractivity contribution in [3.05, 3.63) is 12.2 Å². The first-order chi connectivity index (χ1) is 11.7. The third kappa shape index (κ3) is 3.52. The first-order valence-corrected chi connectivity index (χ1v) is 7.91. The van der Waals surface area contributed by atoms with E-state index in [0.717, 1.165) is 0 Å². The number of nitrogens with zero attached hydrogens (tertiary/aromatic N) is 4. The van der Waals surface area contributed by atoms with Gasteiger partial charge in [-0.15, -0.1) is 0 Å². The molecule has 0 aromatic carbocycles. The number of rotatable bonds is 4. The van der Waals surface area contributed by atoms with Crippen LogP contribution in [0.1, 0.15) is 18.5 Å². The summed E-state index contributed by atoms with van der Waals surface area (Å²) in [6, 6.07) is 0. The van der Waals surface area contributed by atoms with Gasteiger partial charge in [0.1, 0.15) is 17.4 Å². The predicted molar refractivity (Wildman–Crippen MR) is 83.9 cm³/mol. The van der Waals surface area contributed by atoms with Crippen LogP contribution in [0.5, 0.6) is 0 Å². The average Bonchev–Trinajstić information content (AvgIpc) is 3.07. The lowest BCUT2D eigenvalue weighted by molar-refractivity contribution is -0.134. The van der Waals surface area contributed by atoms with Gasteiger partial charge in [-0.1, -0.05) is 0 Å². The lowest BCUT2D eigenvalue weighted by Crippen LogP contribution is -2.30. The number of aromatic nitrogens is 4. The highest BCUT2D eigenvalue weighted by molar-refractivity contribution is 7.81. The maximum Gasteiger partial charge on any atom is 0.389 e. The highest BCUT2D eigenvalue weighted by Gasteiger charge is 2.43. The zero-order valence-corrected chi connectivity index (χ0v) is 13.7. The highest BCUT2D eigenvalue weighted by Crippen LogP contribution is 2.35. The number of halogens is 3. The Hall–Kier alpha value is -1.63. The van der Waals surface area contributed by atoms with Crippen LogP contribution in [0.3, 0.4) is 0 Å². The first-order valence-electron chi connectivity index (χ1n) is 7.39. The monoisotopic (exact) mass is 379 g/mol. The number of aryl methyl sites for hydroxylation is 1. The summed E-state index contributed by atoms with van der Waals surface area (Å²) in [7, 11) is 0. The highest BCUT2D eigenvalue weighted by atomic mass is 32.1. The van der Waals surface area contributed by atoms with E-state index in [1.165, 1.54) is 10.9 Å². The Morgan fingerprint density at radius 3 is 2.68 bits per heavy atom. The Labute approximate surface area is 145 Å². The van der Waals surface area contributed by atoms with E-state index in [9.17, 15) is 23.4 Å². The molecule has 1 aliphatic rings. The Kier molecular flexibility index (Phi) is 4.79. The molecule has 25 heavy (non-hydrogen) atoms. The predicted octanol–water partition coefficient (Wildman–Crippen LogP) is 0.452. The minimum atomic E-state index is -4.34. The van der Waals surface area contributed by atoms with Gasteiger partial charge >= 0.3 is 6.18 Å². The maximum atomic E-state index is 12.4. The molecule has 12 heteroatoms. The summed E-state index contributed by atoms with van der Waals surface area (Å²) in [5.74, 6) is -0.120. The molecule has 3 rings (SSSR count). The average molecular weight is 379 g/mol. The van der Waals surface area contributed by atoms with Gasteiger partial charge in [0.25, 0.3) is 0 Å². The third-order valence-corrected chi connectivity index (χ3v) is 4.48. The second-order valence-electron chi connectivity index (χ2n) is 5.69. The molecule has 0 saturated carbocycles. The van der Waals surface area contributed by atoms with Crippen molar-refractivity contribution < 1.29 is 28.1 Å². The van der Waals surface area contributed by atoms with Gasteiger partial charge in [-0.2, -0.15) is 25.8 Å². The lowest BCUT2D eigenvalue weighted by Gasteiger charge is -2.17. The molecule has 0 bridgehead atoms. The molecule has 0 spiro atoms. The van der Waals surface area contributed by atoms with Gasteiger partial charge in [0.05, 0.1) is 30.7 Å². The van der Waals surface area contributed by atoms with Crippen LogP contribution < -0.4 is 5.73 Å². The molecule has 8 nitrogen and oxygen atoms in total. The smallest absolute Gasteiger partial charge is 0.389 e. The number of imidazole rings is 1. The molecule has 1 fully saturated rings. The van der Waals surface area contributed by atoms with E-state index in [0.29, 0.717) is 0 Å². The summed E-state index contributed by atoms with van der Waals surface area (Å²) in [6.07, 6.45) is -7.18. The van der Waals surface area contributed by atoms with Crippen LogP contribution in [-0.2, 0) is 11.2 Å². The van der Waals surface area contributed by atoms with Crippen molar-refractivity contribution in [2.75, 3.05) is 12.3 Å². The van der Waals surface area contributed by atoms with Crippen LogP contribution in [-0.4, -0.2) is 60.0 Å². The molecular formula is C13H16F3N5O3S. The number of hydrogen-bond donors (Lipinski definition) is 4. The molecular weight excluding hydrogens is 363 g/mol. The van der Waals surface area contributed by atoms with Crippen LogP contribution in [0, 0.1) is 0 Å². The van der Waals surface area contributed by atoms with Gasteiger partial charge in [0.2, 0.25) is 0 Å². The van der Waals surface area contributed by atoms with Crippen LogP contribution in [0.25, 0.3) is 11.2 Å². The first kappa shape index (κ1) is 18.2. The number of hydrogen-bond acceptors (Lipinski definition) is 8. The maximum absolute atomic E-state index is 12.4. The summed E-state index contributed by atoms with van der Waals surface area (Å²) in [4.78, 5) is 12.0. The fraction of sp³-hybridized carbons (Fsp3) is 0.615.